The zero-order chi connectivity index (χ0) is 41.7. The standard InChI is InChI=1S/C60H40N2S/c1-4-20-41(21-5-1)45-26-10-11-30-51(45)59-46(42-22-6-2-7-23-42)31-19-36-56(59)62(44-38-39-49-47-27-12-15-34-54(47)61(57(49)40-44)43-24-8-3-9-25-43)55-35-16-13-28-48(55)52-32-18-33-53-50-29-14-17-37-58(50)63-60(52)53/h1-40H. The van der Waals surface area contributed by atoms with Gasteiger partial charge in [0, 0.05) is 59.0 Å². The molecule has 0 saturated heterocycles. The highest BCUT2D eigenvalue weighted by atomic mass is 32.1. The van der Waals surface area contributed by atoms with Gasteiger partial charge in [-0.15, -0.1) is 11.3 Å². The number of hydrogen-bond donors (Lipinski definition) is 0. The number of hydrogen-bond acceptors (Lipinski definition) is 2. The number of rotatable bonds is 8. The van der Waals surface area contributed by atoms with Crippen LogP contribution in [0.1, 0.15) is 0 Å². The first-order chi connectivity index (χ1) is 31.3. The Kier molecular flexibility index (Phi) is 9.06. The van der Waals surface area contributed by atoms with Crippen molar-refractivity contribution in [3.05, 3.63) is 243 Å². The minimum atomic E-state index is 1.07. The van der Waals surface area contributed by atoms with E-state index in [0.717, 1.165) is 28.3 Å². The first-order valence-corrected chi connectivity index (χ1v) is 22.3. The molecule has 12 rings (SSSR count). The quantitative estimate of drug-likeness (QED) is 0.148. The van der Waals surface area contributed by atoms with E-state index < -0.39 is 0 Å². The van der Waals surface area contributed by atoms with E-state index >= 15 is 0 Å². The lowest BCUT2D eigenvalue weighted by atomic mass is 9.87. The van der Waals surface area contributed by atoms with Crippen molar-refractivity contribution in [2.45, 2.75) is 0 Å². The number of nitrogens with zero attached hydrogens (tertiary/aromatic N) is 2. The molecular formula is C60H40N2S. The summed E-state index contributed by atoms with van der Waals surface area (Å²) in [5, 5.41) is 5.03. The zero-order valence-electron chi connectivity index (χ0n) is 34.4. The molecule has 2 nitrogen and oxygen atoms in total. The van der Waals surface area contributed by atoms with E-state index in [1.165, 1.54) is 81.0 Å². The van der Waals surface area contributed by atoms with Crippen molar-refractivity contribution in [2.75, 3.05) is 4.90 Å². The molecule has 0 amide bonds. The summed E-state index contributed by atoms with van der Waals surface area (Å²) in [7, 11) is 0. The van der Waals surface area contributed by atoms with Crippen LogP contribution >= 0.6 is 11.3 Å². The van der Waals surface area contributed by atoms with Crippen LogP contribution in [0.2, 0.25) is 0 Å². The molecule has 63 heavy (non-hydrogen) atoms. The highest BCUT2D eigenvalue weighted by molar-refractivity contribution is 7.26. The maximum absolute atomic E-state index is 2.53. The molecule has 0 aliphatic heterocycles. The summed E-state index contributed by atoms with van der Waals surface area (Å²) in [6, 6.07) is 88.6. The number of thiophene rings is 1. The summed E-state index contributed by atoms with van der Waals surface area (Å²) in [6.07, 6.45) is 0. The summed E-state index contributed by atoms with van der Waals surface area (Å²) >= 11 is 1.88. The van der Waals surface area contributed by atoms with Crippen LogP contribution in [0.4, 0.5) is 17.1 Å². The molecule has 12 aromatic rings. The van der Waals surface area contributed by atoms with Crippen LogP contribution in [0.3, 0.4) is 0 Å². The molecular weight excluding hydrogens is 781 g/mol. The van der Waals surface area contributed by atoms with Crippen LogP contribution in [0.25, 0.3) is 92.2 Å². The van der Waals surface area contributed by atoms with Crippen molar-refractivity contribution < 1.29 is 0 Å². The third-order valence-electron chi connectivity index (χ3n) is 12.4. The number of para-hydroxylation sites is 3. The van der Waals surface area contributed by atoms with E-state index in [4.69, 9.17) is 0 Å². The van der Waals surface area contributed by atoms with Gasteiger partial charge >= 0.3 is 0 Å². The van der Waals surface area contributed by atoms with Gasteiger partial charge in [-0.25, -0.2) is 0 Å². The highest BCUT2D eigenvalue weighted by Gasteiger charge is 2.26. The number of anilines is 3. The van der Waals surface area contributed by atoms with Gasteiger partial charge in [-0.1, -0.05) is 194 Å². The maximum Gasteiger partial charge on any atom is 0.0561 e. The monoisotopic (exact) mass is 820 g/mol. The van der Waals surface area contributed by atoms with Gasteiger partial charge < -0.3 is 9.47 Å². The highest BCUT2D eigenvalue weighted by Crippen LogP contribution is 2.51. The predicted molar refractivity (Wildman–Crippen MR) is 270 cm³/mol. The second kappa shape index (κ2) is 15.5. The Morgan fingerprint density at radius 1 is 0.333 bits per heavy atom. The summed E-state index contributed by atoms with van der Waals surface area (Å²) in [6.45, 7) is 0. The molecule has 0 atom stereocenters. The van der Waals surface area contributed by atoms with Crippen molar-refractivity contribution >= 4 is 70.4 Å². The molecule has 2 heterocycles. The van der Waals surface area contributed by atoms with Crippen LogP contribution in [0, 0.1) is 0 Å². The first kappa shape index (κ1) is 36.8. The van der Waals surface area contributed by atoms with Crippen molar-refractivity contribution in [3.63, 3.8) is 0 Å². The molecule has 0 radical (unpaired) electrons. The molecule has 296 valence electrons. The van der Waals surface area contributed by atoms with Gasteiger partial charge in [-0.2, -0.15) is 0 Å². The lowest BCUT2D eigenvalue weighted by Gasteiger charge is -2.31. The zero-order valence-corrected chi connectivity index (χ0v) is 35.2. The van der Waals surface area contributed by atoms with Gasteiger partial charge in [-0.05, 0) is 76.3 Å². The molecule has 0 saturated carbocycles. The van der Waals surface area contributed by atoms with Crippen LogP contribution in [-0.2, 0) is 0 Å². The summed E-state index contributed by atoms with van der Waals surface area (Å²) in [5.74, 6) is 0. The smallest absolute Gasteiger partial charge is 0.0561 e. The lowest BCUT2D eigenvalue weighted by Crippen LogP contribution is -2.13. The molecule has 0 fully saturated rings. The third kappa shape index (κ3) is 6.24. The number of aromatic nitrogens is 1. The summed E-state index contributed by atoms with van der Waals surface area (Å²) in [5.41, 5.74) is 16.2. The molecule has 0 unspecified atom stereocenters. The molecule has 0 aliphatic rings. The van der Waals surface area contributed by atoms with E-state index in [1.54, 1.807) is 0 Å². The largest absolute Gasteiger partial charge is 0.309 e. The molecule has 2 aromatic heterocycles. The van der Waals surface area contributed by atoms with E-state index in [1.807, 2.05) is 11.3 Å². The predicted octanol–water partition coefficient (Wildman–Crippen LogP) is 17.3. The average molecular weight is 821 g/mol. The molecule has 0 spiro atoms. The number of benzene rings is 10. The van der Waals surface area contributed by atoms with Gasteiger partial charge in [0.1, 0.15) is 0 Å². The molecule has 3 heteroatoms. The Bertz CT molecular complexity index is 3620. The van der Waals surface area contributed by atoms with Gasteiger partial charge in [-0.3, -0.25) is 0 Å². The second-order valence-corrected chi connectivity index (χ2v) is 17.1. The van der Waals surface area contributed by atoms with E-state index in [2.05, 4.69) is 252 Å². The van der Waals surface area contributed by atoms with Gasteiger partial charge in [0.25, 0.3) is 0 Å². The van der Waals surface area contributed by atoms with Gasteiger partial charge in [0.05, 0.1) is 22.4 Å². The van der Waals surface area contributed by atoms with E-state index in [-0.39, 0.29) is 0 Å². The summed E-state index contributed by atoms with van der Waals surface area (Å²) < 4.78 is 5.00. The van der Waals surface area contributed by atoms with Crippen LogP contribution < -0.4 is 4.90 Å². The van der Waals surface area contributed by atoms with Crippen LogP contribution in [0.15, 0.2) is 243 Å². The van der Waals surface area contributed by atoms with Gasteiger partial charge in [0.2, 0.25) is 0 Å². The van der Waals surface area contributed by atoms with Crippen LogP contribution in [0.5, 0.6) is 0 Å². The van der Waals surface area contributed by atoms with E-state index in [9.17, 15) is 0 Å². The Balaban J connectivity index is 1.20. The fourth-order valence-corrected chi connectivity index (χ4v) is 10.9. The molecule has 0 N–H and O–H groups in total. The van der Waals surface area contributed by atoms with Crippen molar-refractivity contribution in [1.82, 2.24) is 4.57 Å². The minimum absolute atomic E-state index is 1.07. The normalized spacial score (nSPS) is 11.5. The lowest BCUT2D eigenvalue weighted by molar-refractivity contribution is 1.18. The summed E-state index contributed by atoms with van der Waals surface area (Å²) in [4.78, 5) is 2.53. The topological polar surface area (TPSA) is 8.17 Å². The Labute approximate surface area is 370 Å². The Hall–Kier alpha value is -7.98. The van der Waals surface area contributed by atoms with Crippen LogP contribution in [-0.4, -0.2) is 4.57 Å². The van der Waals surface area contributed by atoms with Crippen molar-refractivity contribution in [1.29, 1.82) is 0 Å². The first-order valence-electron chi connectivity index (χ1n) is 21.5. The maximum atomic E-state index is 2.53. The number of fused-ring (bicyclic) bond motifs is 6. The van der Waals surface area contributed by atoms with Gasteiger partial charge in [0.15, 0.2) is 0 Å². The molecule has 0 aliphatic carbocycles. The SMILES string of the molecule is c1ccc(-c2ccccc2-c2c(-c3ccccc3)cccc2N(c2ccc3c4ccccc4n(-c4ccccc4)c3c2)c2ccccc2-c2cccc3c2sc2ccccc23)cc1. The fourth-order valence-electron chi connectivity index (χ4n) is 9.66. The fraction of sp³-hybridized carbons (Fsp3) is 0. The van der Waals surface area contributed by atoms with Crippen molar-refractivity contribution in [2.24, 2.45) is 0 Å². The minimum Gasteiger partial charge on any atom is -0.309 e. The van der Waals surface area contributed by atoms with Crippen molar-refractivity contribution in [3.8, 4) is 50.2 Å². The Morgan fingerprint density at radius 3 is 1.67 bits per heavy atom. The molecule has 10 aromatic carbocycles. The average Bonchev–Trinajstić information content (AvgIpc) is 3.91. The van der Waals surface area contributed by atoms with E-state index in [0.29, 0.717) is 0 Å². The Morgan fingerprint density at radius 2 is 0.873 bits per heavy atom. The third-order valence-corrected chi connectivity index (χ3v) is 13.6. The molecule has 0 bridgehead atoms. The second-order valence-electron chi connectivity index (χ2n) is 16.0.